The average Bonchev–Trinajstić information content (AvgIpc) is 2.16. The van der Waals surface area contributed by atoms with Gasteiger partial charge in [0, 0.05) is 11.8 Å². The Labute approximate surface area is 95.4 Å². The van der Waals surface area contributed by atoms with E-state index in [1.54, 1.807) is 32.0 Å². The van der Waals surface area contributed by atoms with E-state index in [9.17, 15) is 13.2 Å². The molecule has 2 N–H and O–H groups in total. The molecule has 0 fully saturated rings. The van der Waals surface area contributed by atoms with Crippen LogP contribution in [0, 0.1) is 0 Å². The molecule has 1 aromatic rings. The summed E-state index contributed by atoms with van der Waals surface area (Å²) >= 11 is 0. The van der Waals surface area contributed by atoms with Gasteiger partial charge in [-0.1, -0.05) is 12.1 Å². The molecule has 1 rings (SSSR count). The molecule has 0 aliphatic carbocycles. The van der Waals surface area contributed by atoms with Gasteiger partial charge >= 0.3 is 0 Å². The standard InChI is InChI=1S/C11H15NO3S/c1-11(2,16(3,14)15)9-6-4-5-8(7-9)10(12)13/h4-7H,1-3H3,(H2,12,13). The summed E-state index contributed by atoms with van der Waals surface area (Å²) in [6, 6.07) is 6.38. The number of carbonyl (C=O) groups is 1. The molecule has 0 spiro atoms. The summed E-state index contributed by atoms with van der Waals surface area (Å²) in [4.78, 5) is 11.0. The Morgan fingerprint density at radius 1 is 1.31 bits per heavy atom. The van der Waals surface area contributed by atoms with Crippen LogP contribution < -0.4 is 5.73 Å². The summed E-state index contributed by atoms with van der Waals surface area (Å²) in [5.74, 6) is -0.564. The Hall–Kier alpha value is -1.36. The predicted octanol–water partition coefficient (Wildman–Crippen LogP) is 1.07. The van der Waals surface area contributed by atoms with Gasteiger partial charge in [0.25, 0.3) is 0 Å². The maximum Gasteiger partial charge on any atom is 0.248 e. The van der Waals surface area contributed by atoms with Gasteiger partial charge < -0.3 is 5.73 Å². The second kappa shape index (κ2) is 3.90. The topological polar surface area (TPSA) is 77.2 Å². The van der Waals surface area contributed by atoms with Gasteiger partial charge in [-0.15, -0.1) is 0 Å². The van der Waals surface area contributed by atoms with Gasteiger partial charge in [-0.25, -0.2) is 8.42 Å². The van der Waals surface area contributed by atoms with Crippen molar-refractivity contribution in [2.45, 2.75) is 18.6 Å². The van der Waals surface area contributed by atoms with E-state index in [1.165, 1.54) is 12.3 Å². The third kappa shape index (κ3) is 2.24. The Balaban J connectivity index is 3.35. The first-order chi connectivity index (χ1) is 7.16. The van der Waals surface area contributed by atoms with E-state index in [2.05, 4.69) is 0 Å². The highest BCUT2D eigenvalue weighted by Crippen LogP contribution is 2.29. The molecule has 0 aromatic heterocycles. The second-order valence-electron chi connectivity index (χ2n) is 4.23. The highest BCUT2D eigenvalue weighted by molar-refractivity contribution is 7.91. The fourth-order valence-corrected chi connectivity index (χ4v) is 1.82. The Morgan fingerprint density at radius 2 is 1.88 bits per heavy atom. The predicted molar refractivity (Wildman–Crippen MR) is 62.8 cm³/mol. The van der Waals surface area contributed by atoms with E-state index >= 15 is 0 Å². The minimum atomic E-state index is -3.25. The van der Waals surface area contributed by atoms with Gasteiger partial charge in [0.2, 0.25) is 5.91 Å². The third-order valence-corrected chi connectivity index (χ3v) is 4.86. The van der Waals surface area contributed by atoms with E-state index in [-0.39, 0.29) is 0 Å². The lowest BCUT2D eigenvalue weighted by atomic mass is 10.00. The molecular weight excluding hydrogens is 226 g/mol. The molecule has 16 heavy (non-hydrogen) atoms. The molecule has 88 valence electrons. The molecule has 0 aliphatic rings. The van der Waals surface area contributed by atoms with Gasteiger partial charge in [0.15, 0.2) is 9.84 Å². The molecule has 4 nitrogen and oxygen atoms in total. The van der Waals surface area contributed by atoms with Crippen molar-refractivity contribution < 1.29 is 13.2 Å². The normalized spacial score (nSPS) is 12.4. The summed E-state index contributed by atoms with van der Waals surface area (Å²) in [5.41, 5.74) is 6.02. The van der Waals surface area contributed by atoms with Gasteiger partial charge in [0.05, 0.1) is 4.75 Å². The van der Waals surface area contributed by atoms with Crippen molar-refractivity contribution in [3.05, 3.63) is 35.4 Å². The van der Waals surface area contributed by atoms with E-state index in [1.807, 2.05) is 0 Å². The maximum atomic E-state index is 11.6. The average molecular weight is 241 g/mol. The molecule has 0 aliphatic heterocycles. The first-order valence-corrected chi connectivity index (χ1v) is 6.65. The molecular formula is C11H15NO3S. The molecule has 1 aromatic carbocycles. The lowest BCUT2D eigenvalue weighted by molar-refractivity contribution is 0.1000. The van der Waals surface area contributed by atoms with Gasteiger partial charge in [0.1, 0.15) is 0 Å². The van der Waals surface area contributed by atoms with Gasteiger partial charge in [-0.3, -0.25) is 4.79 Å². The van der Waals surface area contributed by atoms with Crippen molar-refractivity contribution in [2.24, 2.45) is 5.73 Å². The number of benzene rings is 1. The third-order valence-electron chi connectivity index (χ3n) is 2.77. The number of carbonyl (C=O) groups excluding carboxylic acids is 1. The first-order valence-electron chi connectivity index (χ1n) is 4.76. The zero-order chi connectivity index (χ0) is 12.6. The van der Waals surface area contributed by atoms with Gasteiger partial charge in [-0.2, -0.15) is 0 Å². The lowest BCUT2D eigenvalue weighted by Gasteiger charge is -2.23. The number of nitrogens with two attached hydrogens (primary N) is 1. The summed E-state index contributed by atoms with van der Waals surface area (Å²) in [6.45, 7) is 3.20. The van der Waals surface area contributed by atoms with Crippen LogP contribution in [0.5, 0.6) is 0 Å². The Morgan fingerprint density at radius 3 is 2.31 bits per heavy atom. The monoisotopic (exact) mass is 241 g/mol. The van der Waals surface area contributed by atoms with Crippen molar-refractivity contribution >= 4 is 15.7 Å². The number of primary amides is 1. The van der Waals surface area contributed by atoms with Gasteiger partial charge in [-0.05, 0) is 31.5 Å². The number of rotatable bonds is 3. The van der Waals surface area contributed by atoms with E-state index < -0.39 is 20.5 Å². The summed E-state index contributed by atoms with van der Waals surface area (Å²) in [7, 11) is -3.25. The van der Waals surface area contributed by atoms with E-state index in [0.29, 0.717) is 11.1 Å². The van der Waals surface area contributed by atoms with Crippen LogP contribution in [-0.2, 0) is 14.6 Å². The molecule has 0 atom stereocenters. The Kier molecular flexibility index (Phi) is 3.10. The molecule has 0 unspecified atom stereocenters. The fourth-order valence-electron chi connectivity index (χ4n) is 1.26. The highest BCUT2D eigenvalue weighted by Gasteiger charge is 2.32. The molecule has 0 saturated carbocycles. The van der Waals surface area contributed by atoms with E-state index in [0.717, 1.165) is 0 Å². The first kappa shape index (κ1) is 12.7. The van der Waals surface area contributed by atoms with Crippen LogP contribution in [0.2, 0.25) is 0 Å². The van der Waals surface area contributed by atoms with Crippen LogP contribution in [0.4, 0.5) is 0 Å². The summed E-state index contributed by atoms with van der Waals surface area (Å²) in [6.07, 6.45) is 1.17. The summed E-state index contributed by atoms with van der Waals surface area (Å²) in [5, 5.41) is 0. The van der Waals surface area contributed by atoms with Crippen molar-refractivity contribution in [2.75, 3.05) is 6.26 Å². The molecule has 0 saturated heterocycles. The highest BCUT2D eigenvalue weighted by atomic mass is 32.2. The largest absolute Gasteiger partial charge is 0.366 e. The van der Waals surface area contributed by atoms with Crippen LogP contribution in [-0.4, -0.2) is 20.6 Å². The fraction of sp³-hybridized carbons (Fsp3) is 0.364. The van der Waals surface area contributed by atoms with Crippen LogP contribution in [0.25, 0.3) is 0 Å². The molecule has 0 bridgehead atoms. The summed E-state index contributed by atoms with van der Waals surface area (Å²) < 4.78 is 22.2. The van der Waals surface area contributed by atoms with E-state index in [4.69, 9.17) is 5.73 Å². The molecule has 1 amide bonds. The molecule has 0 heterocycles. The Bertz CT molecular complexity index is 518. The zero-order valence-electron chi connectivity index (χ0n) is 9.52. The lowest BCUT2D eigenvalue weighted by Crippen LogP contribution is -2.28. The van der Waals surface area contributed by atoms with Crippen molar-refractivity contribution in [3.8, 4) is 0 Å². The maximum absolute atomic E-state index is 11.6. The number of hydrogen-bond acceptors (Lipinski definition) is 3. The molecule has 5 heteroatoms. The minimum Gasteiger partial charge on any atom is -0.366 e. The van der Waals surface area contributed by atoms with Crippen molar-refractivity contribution in [1.82, 2.24) is 0 Å². The van der Waals surface area contributed by atoms with Crippen molar-refractivity contribution in [1.29, 1.82) is 0 Å². The quantitative estimate of drug-likeness (QED) is 0.859. The molecule has 0 radical (unpaired) electrons. The minimum absolute atomic E-state index is 0.314. The zero-order valence-corrected chi connectivity index (χ0v) is 10.3. The second-order valence-corrected chi connectivity index (χ2v) is 6.79. The SMILES string of the molecule is CC(C)(c1cccc(C(N)=O)c1)S(C)(=O)=O. The van der Waals surface area contributed by atoms with Crippen LogP contribution in [0.1, 0.15) is 29.8 Å². The number of hydrogen-bond donors (Lipinski definition) is 1. The smallest absolute Gasteiger partial charge is 0.248 e. The van der Waals surface area contributed by atoms with Crippen molar-refractivity contribution in [3.63, 3.8) is 0 Å². The number of sulfone groups is 1. The van der Waals surface area contributed by atoms with Crippen LogP contribution in [0.3, 0.4) is 0 Å². The number of amides is 1. The van der Waals surface area contributed by atoms with Crippen LogP contribution in [0.15, 0.2) is 24.3 Å². The van der Waals surface area contributed by atoms with Crippen LogP contribution >= 0.6 is 0 Å².